The molecule has 0 bridgehead atoms. The average molecular weight is 299 g/mol. The summed E-state index contributed by atoms with van der Waals surface area (Å²) in [5.74, 6) is -2.38. The van der Waals surface area contributed by atoms with Crippen molar-refractivity contribution in [2.45, 2.75) is 46.2 Å². The Morgan fingerprint density at radius 3 is 2.29 bits per heavy atom. The zero-order chi connectivity index (χ0) is 16.6. The first kappa shape index (κ1) is 16.9. The summed E-state index contributed by atoms with van der Waals surface area (Å²) in [5.41, 5.74) is -1.95. The molecule has 1 unspecified atom stereocenters. The van der Waals surface area contributed by atoms with Crippen LogP contribution in [0.5, 0.6) is 0 Å². The molecule has 8 nitrogen and oxygen atoms in total. The van der Waals surface area contributed by atoms with Gasteiger partial charge in [-0.3, -0.25) is 14.9 Å². The van der Waals surface area contributed by atoms with Crippen molar-refractivity contribution in [3.05, 3.63) is 0 Å². The van der Waals surface area contributed by atoms with Crippen LogP contribution in [0.25, 0.3) is 0 Å². The number of piperazine rings is 1. The molecule has 0 aromatic carbocycles. The van der Waals surface area contributed by atoms with Gasteiger partial charge in [-0.1, -0.05) is 20.8 Å². The second kappa shape index (κ2) is 5.34. The van der Waals surface area contributed by atoms with Crippen molar-refractivity contribution in [3.63, 3.8) is 0 Å². The molecule has 1 saturated heterocycles. The Bertz CT molecular complexity index is 493. The molecule has 1 aliphatic rings. The molecule has 0 aliphatic carbocycles. The van der Waals surface area contributed by atoms with Crippen LogP contribution >= 0.6 is 0 Å². The molecule has 3 N–H and O–H groups in total. The van der Waals surface area contributed by atoms with Gasteiger partial charge < -0.3 is 15.3 Å². The summed E-state index contributed by atoms with van der Waals surface area (Å²) in [6.07, 6.45) is 0. The molecular formula is C13H21N3O5. The van der Waals surface area contributed by atoms with Crippen molar-refractivity contribution in [2.24, 2.45) is 5.41 Å². The Morgan fingerprint density at radius 2 is 1.86 bits per heavy atom. The number of carbonyl (C=O) groups is 4. The van der Waals surface area contributed by atoms with E-state index in [1.165, 1.54) is 13.8 Å². The molecule has 1 heterocycles. The van der Waals surface area contributed by atoms with Crippen LogP contribution in [0.2, 0.25) is 0 Å². The molecule has 1 rings (SSSR count). The van der Waals surface area contributed by atoms with Crippen LogP contribution < -0.4 is 10.6 Å². The van der Waals surface area contributed by atoms with Gasteiger partial charge in [0, 0.05) is 0 Å². The zero-order valence-electron chi connectivity index (χ0n) is 12.8. The van der Waals surface area contributed by atoms with E-state index in [-0.39, 0.29) is 6.54 Å². The predicted molar refractivity (Wildman–Crippen MR) is 73.3 cm³/mol. The minimum atomic E-state index is -1.24. The van der Waals surface area contributed by atoms with Crippen molar-refractivity contribution >= 4 is 23.8 Å². The van der Waals surface area contributed by atoms with Gasteiger partial charge in [-0.05, 0) is 19.3 Å². The Kier molecular flexibility index (Phi) is 4.31. The number of aliphatic carboxylic acids is 1. The van der Waals surface area contributed by atoms with Crippen molar-refractivity contribution in [3.8, 4) is 0 Å². The molecule has 1 atom stereocenters. The third kappa shape index (κ3) is 3.50. The van der Waals surface area contributed by atoms with E-state index in [1.807, 2.05) is 0 Å². The Morgan fingerprint density at radius 1 is 1.33 bits per heavy atom. The number of hydrogen-bond donors (Lipinski definition) is 3. The smallest absolute Gasteiger partial charge is 0.326 e. The highest BCUT2D eigenvalue weighted by Gasteiger charge is 2.45. The maximum atomic E-state index is 12.3. The number of urea groups is 1. The van der Waals surface area contributed by atoms with Crippen LogP contribution in [0, 0.1) is 5.41 Å². The van der Waals surface area contributed by atoms with E-state index in [0.29, 0.717) is 0 Å². The molecule has 0 spiro atoms. The SMILES string of the molecule is CC(C)(C)C(NC(=O)N1CC(=O)NC(=O)C1(C)C)C(=O)O. The number of nitrogens with zero attached hydrogens (tertiary/aromatic N) is 1. The minimum Gasteiger partial charge on any atom is -0.480 e. The summed E-state index contributed by atoms with van der Waals surface area (Å²) in [6, 6.07) is -1.90. The maximum Gasteiger partial charge on any atom is 0.326 e. The van der Waals surface area contributed by atoms with Crippen molar-refractivity contribution in [2.75, 3.05) is 6.54 Å². The lowest BCUT2D eigenvalue weighted by Gasteiger charge is -2.41. The molecule has 1 aliphatic heterocycles. The van der Waals surface area contributed by atoms with E-state index < -0.39 is 40.8 Å². The second-order valence-electron chi connectivity index (χ2n) is 6.61. The van der Waals surface area contributed by atoms with Gasteiger partial charge in [0.1, 0.15) is 18.1 Å². The summed E-state index contributed by atoms with van der Waals surface area (Å²) < 4.78 is 0. The van der Waals surface area contributed by atoms with E-state index in [1.54, 1.807) is 20.8 Å². The maximum absolute atomic E-state index is 12.3. The Balaban J connectivity index is 2.98. The van der Waals surface area contributed by atoms with Crippen LogP contribution in [-0.4, -0.2) is 51.9 Å². The lowest BCUT2D eigenvalue weighted by molar-refractivity contribution is -0.143. The van der Waals surface area contributed by atoms with Gasteiger partial charge in [-0.2, -0.15) is 0 Å². The van der Waals surface area contributed by atoms with Gasteiger partial charge in [0.05, 0.1) is 0 Å². The van der Waals surface area contributed by atoms with Crippen molar-refractivity contribution in [1.29, 1.82) is 0 Å². The number of nitrogens with one attached hydrogen (secondary N) is 2. The molecule has 0 aromatic heterocycles. The highest BCUT2D eigenvalue weighted by Crippen LogP contribution is 2.22. The number of carbonyl (C=O) groups excluding carboxylic acids is 3. The van der Waals surface area contributed by atoms with Crippen molar-refractivity contribution < 1.29 is 24.3 Å². The van der Waals surface area contributed by atoms with E-state index in [2.05, 4.69) is 10.6 Å². The van der Waals surface area contributed by atoms with Crippen LogP contribution in [0.15, 0.2) is 0 Å². The van der Waals surface area contributed by atoms with Gasteiger partial charge in [-0.25, -0.2) is 9.59 Å². The van der Waals surface area contributed by atoms with E-state index in [0.717, 1.165) is 4.90 Å². The van der Waals surface area contributed by atoms with Gasteiger partial charge in [-0.15, -0.1) is 0 Å². The summed E-state index contributed by atoms with van der Waals surface area (Å²) in [6.45, 7) is 7.69. The molecule has 8 heteroatoms. The first-order valence-corrected chi connectivity index (χ1v) is 6.52. The topological polar surface area (TPSA) is 116 Å². The van der Waals surface area contributed by atoms with Gasteiger partial charge in [0.15, 0.2) is 0 Å². The summed E-state index contributed by atoms with van der Waals surface area (Å²) in [5, 5.41) is 13.7. The minimum absolute atomic E-state index is 0.305. The number of amides is 4. The molecular weight excluding hydrogens is 278 g/mol. The zero-order valence-corrected chi connectivity index (χ0v) is 12.8. The van der Waals surface area contributed by atoms with E-state index >= 15 is 0 Å². The van der Waals surface area contributed by atoms with E-state index in [9.17, 15) is 24.3 Å². The summed E-state index contributed by atoms with van der Waals surface area (Å²) in [7, 11) is 0. The fourth-order valence-corrected chi connectivity index (χ4v) is 1.96. The van der Waals surface area contributed by atoms with Crippen LogP contribution in [0.1, 0.15) is 34.6 Å². The van der Waals surface area contributed by atoms with Gasteiger partial charge in [0.25, 0.3) is 5.91 Å². The molecule has 0 aromatic rings. The average Bonchev–Trinajstić information content (AvgIpc) is 2.28. The first-order valence-electron chi connectivity index (χ1n) is 6.52. The second-order valence-corrected chi connectivity index (χ2v) is 6.61. The number of rotatable bonds is 2. The van der Waals surface area contributed by atoms with Gasteiger partial charge >= 0.3 is 12.0 Å². The number of carboxylic acids is 1. The fraction of sp³-hybridized carbons (Fsp3) is 0.692. The summed E-state index contributed by atoms with van der Waals surface area (Å²) in [4.78, 5) is 47.8. The molecule has 21 heavy (non-hydrogen) atoms. The standard InChI is InChI=1S/C13H21N3O5/c1-12(2,3)8(9(18)19)15-11(21)16-6-7(17)14-10(20)13(16,4)5/h8H,6H2,1-5H3,(H,15,21)(H,18,19)(H,14,17,20). The molecule has 0 radical (unpaired) electrons. The summed E-state index contributed by atoms with van der Waals surface area (Å²) >= 11 is 0. The number of carboxylic acid groups (broad SMARTS) is 1. The molecule has 1 fully saturated rings. The van der Waals surface area contributed by atoms with Crippen LogP contribution in [0.3, 0.4) is 0 Å². The monoisotopic (exact) mass is 299 g/mol. The van der Waals surface area contributed by atoms with Crippen molar-refractivity contribution in [1.82, 2.24) is 15.5 Å². The first-order chi connectivity index (χ1) is 9.37. The quantitative estimate of drug-likeness (QED) is 0.617. The Hall–Kier alpha value is -2.12. The van der Waals surface area contributed by atoms with Gasteiger partial charge in [0.2, 0.25) is 5.91 Å². The Labute approximate surface area is 122 Å². The number of imide groups is 1. The number of hydrogen-bond acceptors (Lipinski definition) is 4. The molecule has 0 saturated carbocycles. The highest BCUT2D eigenvalue weighted by atomic mass is 16.4. The third-order valence-corrected chi connectivity index (χ3v) is 3.41. The lowest BCUT2D eigenvalue weighted by Crippen LogP contribution is -2.68. The fourth-order valence-electron chi connectivity index (χ4n) is 1.96. The van der Waals surface area contributed by atoms with Crippen LogP contribution in [-0.2, 0) is 14.4 Å². The lowest BCUT2D eigenvalue weighted by atomic mass is 9.87. The highest BCUT2D eigenvalue weighted by molar-refractivity contribution is 6.06. The normalized spacial score (nSPS) is 19.8. The van der Waals surface area contributed by atoms with Crippen LogP contribution in [0.4, 0.5) is 4.79 Å². The predicted octanol–water partition coefficient (Wildman–Crippen LogP) is -0.0677. The molecule has 118 valence electrons. The largest absolute Gasteiger partial charge is 0.480 e. The molecule has 4 amide bonds. The third-order valence-electron chi connectivity index (χ3n) is 3.41. The van der Waals surface area contributed by atoms with E-state index in [4.69, 9.17) is 0 Å².